The van der Waals surface area contributed by atoms with Crippen molar-refractivity contribution in [2.75, 3.05) is 11.9 Å². The maximum Gasteiger partial charge on any atom is 0.255 e. The van der Waals surface area contributed by atoms with Crippen LogP contribution in [0, 0.1) is 0 Å². The molecular formula is C17H17N3O4S. The number of carbonyl (C=O) groups is 2. The summed E-state index contributed by atoms with van der Waals surface area (Å²) in [5.41, 5.74) is 0.986. The Bertz CT molecular complexity index is 880. The highest BCUT2D eigenvalue weighted by molar-refractivity contribution is 7.89. The van der Waals surface area contributed by atoms with Crippen LogP contribution in [0.25, 0.3) is 0 Å². The number of amides is 2. The maximum atomic E-state index is 12.3. The maximum absolute atomic E-state index is 12.3. The Morgan fingerprint density at radius 3 is 2.32 bits per heavy atom. The van der Waals surface area contributed by atoms with Crippen molar-refractivity contribution >= 4 is 27.5 Å². The van der Waals surface area contributed by atoms with Crippen molar-refractivity contribution in [3.63, 3.8) is 0 Å². The summed E-state index contributed by atoms with van der Waals surface area (Å²) in [5.74, 6) is -0.666. The van der Waals surface area contributed by atoms with Crippen LogP contribution in [0.3, 0.4) is 0 Å². The third-order valence-electron chi connectivity index (χ3n) is 3.80. The van der Waals surface area contributed by atoms with Gasteiger partial charge in [-0.1, -0.05) is 18.2 Å². The summed E-state index contributed by atoms with van der Waals surface area (Å²) >= 11 is 0. The third-order valence-corrected chi connectivity index (χ3v) is 5.29. The van der Waals surface area contributed by atoms with E-state index in [4.69, 9.17) is 0 Å². The van der Waals surface area contributed by atoms with Crippen LogP contribution in [0.2, 0.25) is 0 Å². The molecule has 2 aromatic rings. The molecule has 8 heteroatoms. The normalized spacial score (nSPS) is 17.1. The molecule has 0 spiro atoms. The molecule has 130 valence electrons. The van der Waals surface area contributed by atoms with Crippen molar-refractivity contribution in [3.05, 3.63) is 60.2 Å². The van der Waals surface area contributed by atoms with E-state index in [0.717, 1.165) is 0 Å². The summed E-state index contributed by atoms with van der Waals surface area (Å²) in [6.45, 7) is 0.449. The van der Waals surface area contributed by atoms with Crippen molar-refractivity contribution in [2.24, 2.45) is 0 Å². The van der Waals surface area contributed by atoms with E-state index in [1.54, 1.807) is 24.3 Å². The molecule has 0 bridgehead atoms. The lowest BCUT2D eigenvalue weighted by atomic mass is 10.2. The molecule has 1 aliphatic heterocycles. The monoisotopic (exact) mass is 359 g/mol. The molecule has 1 saturated heterocycles. The number of hydrogen-bond acceptors (Lipinski definition) is 4. The van der Waals surface area contributed by atoms with Crippen molar-refractivity contribution < 1.29 is 18.0 Å². The van der Waals surface area contributed by atoms with Gasteiger partial charge in [0.05, 0.1) is 4.90 Å². The second kappa shape index (κ2) is 7.04. The first-order valence-electron chi connectivity index (χ1n) is 7.72. The number of anilines is 1. The molecule has 3 N–H and O–H groups in total. The predicted molar refractivity (Wildman–Crippen MR) is 92.6 cm³/mol. The fraction of sp³-hybridized carbons (Fsp3) is 0.176. The lowest BCUT2D eigenvalue weighted by molar-refractivity contribution is -0.120. The van der Waals surface area contributed by atoms with E-state index >= 15 is 0 Å². The average molecular weight is 359 g/mol. The summed E-state index contributed by atoms with van der Waals surface area (Å²) in [5, 5.41) is 5.30. The van der Waals surface area contributed by atoms with E-state index in [1.807, 2.05) is 6.07 Å². The highest BCUT2D eigenvalue weighted by atomic mass is 32.2. The van der Waals surface area contributed by atoms with Gasteiger partial charge in [0, 0.05) is 17.8 Å². The van der Waals surface area contributed by atoms with Crippen LogP contribution in [0.15, 0.2) is 59.5 Å². The second-order valence-electron chi connectivity index (χ2n) is 5.60. The molecule has 0 aliphatic carbocycles. The number of para-hydroxylation sites is 1. The molecule has 2 aromatic carbocycles. The molecule has 7 nitrogen and oxygen atoms in total. The first kappa shape index (κ1) is 17.1. The summed E-state index contributed by atoms with van der Waals surface area (Å²) in [6, 6.07) is 13.7. The molecule has 2 amide bonds. The fourth-order valence-electron chi connectivity index (χ4n) is 2.47. The highest BCUT2D eigenvalue weighted by Gasteiger charge is 2.29. The molecule has 1 heterocycles. The first-order chi connectivity index (χ1) is 12.0. The molecule has 0 radical (unpaired) electrons. The van der Waals surface area contributed by atoms with E-state index in [2.05, 4.69) is 15.4 Å². The van der Waals surface area contributed by atoms with Crippen LogP contribution in [0.1, 0.15) is 16.8 Å². The van der Waals surface area contributed by atoms with Crippen LogP contribution in [0.5, 0.6) is 0 Å². The molecule has 0 aromatic heterocycles. The minimum atomic E-state index is -3.82. The zero-order valence-electron chi connectivity index (χ0n) is 13.2. The summed E-state index contributed by atoms with van der Waals surface area (Å²) in [6.07, 6.45) is 0.412. The van der Waals surface area contributed by atoms with Gasteiger partial charge < -0.3 is 10.6 Å². The van der Waals surface area contributed by atoms with Crippen molar-refractivity contribution in [1.82, 2.24) is 10.0 Å². The summed E-state index contributed by atoms with van der Waals surface area (Å²) in [4.78, 5) is 23.7. The number of nitrogens with one attached hydrogen (secondary N) is 3. The number of carbonyl (C=O) groups excluding carboxylic acids is 2. The second-order valence-corrected chi connectivity index (χ2v) is 7.31. The van der Waals surface area contributed by atoms with Gasteiger partial charge in [-0.05, 0) is 42.8 Å². The van der Waals surface area contributed by atoms with E-state index in [-0.39, 0.29) is 16.7 Å². The van der Waals surface area contributed by atoms with Gasteiger partial charge in [0.15, 0.2) is 0 Å². The van der Waals surface area contributed by atoms with Crippen LogP contribution in [-0.2, 0) is 14.8 Å². The Balaban J connectivity index is 1.71. The predicted octanol–water partition coefficient (Wildman–Crippen LogP) is 1.11. The molecule has 1 atom stereocenters. The Labute approximate surface area is 145 Å². The van der Waals surface area contributed by atoms with Crippen LogP contribution in [0.4, 0.5) is 5.69 Å². The smallest absolute Gasteiger partial charge is 0.255 e. The van der Waals surface area contributed by atoms with Gasteiger partial charge in [-0.2, -0.15) is 4.72 Å². The lowest BCUT2D eigenvalue weighted by Crippen LogP contribution is -2.40. The average Bonchev–Trinajstić information content (AvgIpc) is 3.00. The Hall–Kier alpha value is -2.71. The minimum Gasteiger partial charge on any atom is -0.355 e. The largest absolute Gasteiger partial charge is 0.355 e. The molecular weight excluding hydrogens is 342 g/mol. The van der Waals surface area contributed by atoms with Gasteiger partial charge in [-0.3, -0.25) is 9.59 Å². The summed E-state index contributed by atoms with van der Waals surface area (Å²) in [7, 11) is -3.82. The standard InChI is InChI=1S/C17H17N3O4S/c21-16(19-13-4-2-1-3-5-13)12-6-8-14(9-7-12)25(23,24)20-15-10-11-18-17(15)22/h1-9,15,20H,10-11H2,(H,18,22)(H,19,21)/t15-/m1/s1. The van der Waals surface area contributed by atoms with E-state index in [1.165, 1.54) is 24.3 Å². The topological polar surface area (TPSA) is 104 Å². The van der Waals surface area contributed by atoms with Gasteiger partial charge >= 0.3 is 0 Å². The van der Waals surface area contributed by atoms with Crippen molar-refractivity contribution in [3.8, 4) is 0 Å². The van der Waals surface area contributed by atoms with Crippen molar-refractivity contribution in [1.29, 1.82) is 0 Å². The summed E-state index contributed by atoms with van der Waals surface area (Å²) < 4.78 is 27.0. The number of hydrogen-bond donors (Lipinski definition) is 3. The highest BCUT2D eigenvalue weighted by Crippen LogP contribution is 2.14. The third kappa shape index (κ3) is 4.04. The van der Waals surface area contributed by atoms with Crippen LogP contribution in [-0.4, -0.2) is 32.8 Å². The van der Waals surface area contributed by atoms with Gasteiger partial charge in [-0.25, -0.2) is 8.42 Å². The molecule has 1 fully saturated rings. The van der Waals surface area contributed by atoms with Gasteiger partial charge in [0.2, 0.25) is 15.9 Å². The molecule has 1 aliphatic rings. The number of rotatable bonds is 5. The molecule has 0 saturated carbocycles. The zero-order valence-corrected chi connectivity index (χ0v) is 14.0. The van der Waals surface area contributed by atoms with Crippen LogP contribution >= 0.6 is 0 Å². The minimum absolute atomic E-state index is 0.00320. The fourth-order valence-corrected chi connectivity index (χ4v) is 3.70. The molecule has 0 unspecified atom stereocenters. The van der Waals surface area contributed by atoms with E-state index in [0.29, 0.717) is 24.2 Å². The first-order valence-corrected chi connectivity index (χ1v) is 9.20. The van der Waals surface area contributed by atoms with Crippen LogP contribution < -0.4 is 15.4 Å². The lowest BCUT2D eigenvalue weighted by Gasteiger charge is -2.11. The van der Waals surface area contributed by atoms with Gasteiger partial charge in [0.1, 0.15) is 6.04 Å². The zero-order chi connectivity index (χ0) is 17.9. The van der Waals surface area contributed by atoms with Gasteiger partial charge in [0.25, 0.3) is 5.91 Å². The quantitative estimate of drug-likeness (QED) is 0.744. The Morgan fingerprint density at radius 1 is 1.04 bits per heavy atom. The Morgan fingerprint density at radius 2 is 1.72 bits per heavy atom. The van der Waals surface area contributed by atoms with Crippen molar-refractivity contribution in [2.45, 2.75) is 17.4 Å². The van der Waals surface area contributed by atoms with E-state index in [9.17, 15) is 18.0 Å². The SMILES string of the molecule is O=C(Nc1ccccc1)c1ccc(S(=O)(=O)N[C@@H]2CCNC2=O)cc1. The molecule has 3 rings (SSSR count). The molecule has 25 heavy (non-hydrogen) atoms. The Kier molecular flexibility index (Phi) is 4.82. The van der Waals surface area contributed by atoms with Gasteiger partial charge in [-0.15, -0.1) is 0 Å². The van der Waals surface area contributed by atoms with E-state index < -0.39 is 16.1 Å². The number of sulfonamides is 1. The number of benzene rings is 2.